The zero-order valence-electron chi connectivity index (χ0n) is 13.2. The normalized spacial score (nSPS) is 19.0. The summed E-state index contributed by atoms with van der Waals surface area (Å²) in [6.07, 6.45) is 5.88. The maximum Gasteiger partial charge on any atom is 0.193 e. The fraction of sp³-hybridized carbons (Fsp3) is 0.588. The van der Waals surface area contributed by atoms with Crippen molar-refractivity contribution in [3.63, 3.8) is 0 Å². The number of guanidine groups is 1. The van der Waals surface area contributed by atoms with Crippen molar-refractivity contribution in [2.45, 2.75) is 25.2 Å². The molecule has 21 heavy (non-hydrogen) atoms. The molecule has 3 nitrogen and oxygen atoms in total. The van der Waals surface area contributed by atoms with E-state index in [1.807, 2.05) is 18.8 Å². The minimum absolute atomic E-state index is 0.640. The molecule has 1 fully saturated rings. The number of hydrogen-bond acceptors (Lipinski definition) is 2. The fourth-order valence-corrected chi connectivity index (χ4v) is 3.35. The monoisotopic (exact) mass is 305 g/mol. The number of likely N-dealkylation sites (tertiary alicyclic amines) is 1. The Kier molecular flexibility index (Phi) is 6.93. The van der Waals surface area contributed by atoms with Crippen molar-refractivity contribution in [2.75, 3.05) is 38.7 Å². The van der Waals surface area contributed by atoms with Crippen molar-refractivity contribution < 1.29 is 0 Å². The average molecular weight is 305 g/mol. The van der Waals surface area contributed by atoms with E-state index < -0.39 is 0 Å². The zero-order valence-corrected chi connectivity index (χ0v) is 14.0. The molecular weight excluding hydrogens is 278 g/mol. The van der Waals surface area contributed by atoms with Crippen molar-refractivity contribution in [3.05, 3.63) is 35.9 Å². The summed E-state index contributed by atoms with van der Waals surface area (Å²) in [7, 11) is 1.89. The largest absolute Gasteiger partial charge is 0.356 e. The van der Waals surface area contributed by atoms with Crippen LogP contribution in [0.2, 0.25) is 0 Å². The number of benzene rings is 1. The summed E-state index contributed by atoms with van der Waals surface area (Å²) >= 11 is 1.92. The summed E-state index contributed by atoms with van der Waals surface area (Å²) in [6, 6.07) is 10.8. The average Bonchev–Trinajstić information content (AvgIpc) is 3.01. The highest BCUT2D eigenvalue weighted by atomic mass is 32.2. The first-order chi connectivity index (χ1) is 10.3. The number of thioether (sulfide) groups is 1. The predicted molar refractivity (Wildman–Crippen MR) is 94.4 cm³/mol. The number of nitrogens with zero attached hydrogens (tertiary/aromatic N) is 2. The van der Waals surface area contributed by atoms with Gasteiger partial charge in [0.05, 0.1) is 0 Å². The molecule has 1 aliphatic rings. The van der Waals surface area contributed by atoms with Crippen molar-refractivity contribution in [3.8, 4) is 0 Å². The van der Waals surface area contributed by atoms with Crippen LogP contribution in [0, 0.1) is 0 Å². The van der Waals surface area contributed by atoms with Gasteiger partial charge in [0.2, 0.25) is 0 Å². The molecular formula is C17H27N3S. The van der Waals surface area contributed by atoms with Crippen LogP contribution < -0.4 is 5.32 Å². The summed E-state index contributed by atoms with van der Waals surface area (Å²) in [5, 5.41) is 3.51. The van der Waals surface area contributed by atoms with Crippen LogP contribution in [0.4, 0.5) is 0 Å². The molecule has 0 saturated carbocycles. The molecule has 1 aromatic rings. The number of nitrogens with one attached hydrogen (secondary N) is 1. The van der Waals surface area contributed by atoms with Gasteiger partial charge in [-0.15, -0.1) is 0 Å². The molecule has 2 rings (SSSR count). The van der Waals surface area contributed by atoms with Crippen LogP contribution in [0.15, 0.2) is 35.3 Å². The lowest BCUT2D eigenvalue weighted by Crippen LogP contribution is -2.40. The van der Waals surface area contributed by atoms with Gasteiger partial charge in [0.25, 0.3) is 0 Å². The maximum absolute atomic E-state index is 4.44. The van der Waals surface area contributed by atoms with Gasteiger partial charge in [-0.25, -0.2) is 0 Å². The highest BCUT2D eigenvalue weighted by Gasteiger charge is 2.25. The molecule has 1 N–H and O–H groups in total. The van der Waals surface area contributed by atoms with Gasteiger partial charge in [0.1, 0.15) is 0 Å². The molecule has 0 bridgehead atoms. The zero-order chi connectivity index (χ0) is 14.9. The molecule has 0 aliphatic carbocycles. The van der Waals surface area contributed by atoms with E-state index in [-0.39, 0.29) is 0 Å². The molecule has 1 saturated heterocycles. The smallest absolute Gasteiger partial charge is 0.193 e. The van der Waals surface area contributed by atoms with Crippen LogP contribution >= 0.6 is 11.8 Å². The maximum atomic E-state index is 4.44. The third-order valence-electron chi connectivity index (χ3n) is 4.03. The minimum atomic E-state index is 0.640. The quantitative estimate of drug-likeness (QED) is 0.497. The topological polar surface area (TPSA) is 27.6 Å². The first kappa shape index (κ1) is 16.2. The highest BCUT2D eigenvalue weighted by Crippen LogP contribution is 2.26. The lowest BCUT2D eigenvalue weighted by atomic mass is 9.99. The van der Waals surface area contributed by atoms with Gasteiger partial charge in [-0.3, -0.25) is 4.99 Å². The standard InChI is InChI=1S/C17H27N3S/c1-18-17(19-11-6-7-13-21-2)20-12-10-16(14-20)15-8-4-3-5-9-15/h3-5,8-9,16H,6-7,10-14H2,1-2H3,(H,18,19). The molecule has 0 radical (unpaired) electrons. The summed E-state index contributed by atoms with van der Waals surface area (Å²) in [6.45, 7) is 3.21. The molecule has 0 spiro atoms. The summed E-state index contributed by atoms with van der Waals surface area (Å²) in [5.74, 6) is 2.96. The molecule has 0 amide bonds. The Morgan fingerprint density at radius 1 is 1.33 bits per heavy atom. The second kappa shape index (κ2) is 8.98. The molecule has 1 aromatic carbocycles. The van der Waals surface area contributed by atoms with Gasteiger partial charge in [-0.05, 0) is 36.8 Å². The summed E-state index contributed by atoms with van der Waals surface area (Å²) in [4.78, 5) is 6.84. The molecule has 1 aliphatic heterocycles. The number of rotatable bonds is 6. The van der Waals surface area contributed by atoms with E-state index in [0.717, 1.165) is 25.6 Å². The van der Waals surface area contributed by atoms with E-state index in [0.29, 0.717) is 5.92 Å². The molecule has 1 atom stereocenters. The summed E-state index contributed by atoms with van der Waals surface area (Å²) in [5.41, 5.74) is 1.45. The third kappa shape index (κ3) is 4.95. The fourth-order valence-electron chi connectivity index (χ4n) is 2.85. The first-order valence-electron chi connectivity index (χ1n) is 7.84. The number of hydrogen-bond donors (Lipinski definition) is 1. The van der Waals surface area contributed by atoms with E-state index in [9.17, 15) is 0 Å². The van der Waals surface area contributed by atoms with Crippen molar-refractivity contribution in [2.24, 2.45) is 4.99 Å². The molecule has 4 heteroatoms. The van der Waals surface area contributed by atoms with Gasteiger partial charge in [0.15, 0.2) is 5.96 Å². The Morgan fingerprint density at radius 2 is 2.14 bits per heavy atom. The molecule has 116 valence electrons. The second-order valence-electron chi connectivity index (χ2n) is 5.52. The van der Waals surface area contributed by atoms with Gasteiger partial charge >= 0.3 is 0 Å². The Labute approximate surface area is 133 Å². The predicted octanol–water partition coefficient (Wildman–Crippen LogP) is 3.19. The summed E-state index contributed by atoms with van der Waals surface area (Å²) < 4.78 is 0. The van der Waals surface area contributed by atoms with E-state index in [4.69, 9.17) is 0 Å². The lowest BCUT2D eigenvalue weighted by Gasteiger charge is -2.21. The first-order valence-corrected chi connectivity index (χ1v) is 9.24. The van der Waals surface area contributed by atoms with Gasteiger partial charge in [0, 0.05) is 32.6 Å². The molecule has 1 heterocycles. The van der Waals surface area contributed by atoms with E-state index >= 15 is 0 Å². The Bertz CT molecular complexity index is 433. The molecule has 0 aromatic heterocycles. The van der Waals surface area contributed by atoms with Crippen LogP contribution in [0.3, 0.4) is 0 Å². The highest BCUT2D eigenvalue weighted by molar-refractivity contribution is 7.98. The van der Waals surface area contributed by atoms with Crippen LogP contribution in [-0.4, -0.2) is 49.6 Å². The van der Waals surface area contributed by atoms with Crippen molar-refractivity contribution in [1.82, 2.24) is 10.2 Å². The lowest BCUT2D eigenvalue weighted by molar-refractivity contribution is 0.484. The van der Waals surface area contributed by atoms with Crippen LogP contribution in [0.25, 0.3) is 0 Å². The Morgan fingerprint density at radius 3 is 2.86 bits per heavy atom. The third-order valence-corrected chi connectivity index (χ3v) is 4.73. The van der Waals surface area contributed by atoms with Crippen molar-refractivity contribution in [1.29, 1.82) is 0 Å². The van der Waals surface area contributed by atoms with Crippen LogP contribution in [-0.2, 0) is 0 Å². The second-order valence-corrected chi connectivity index (χ2v) is 6.50. The van der Waals surface area contributed by atoms with Crippen LogP contribution in [0.5, 0.6) is 0 Å². The van der Waals surface area contributed by atoms with Gasteiger partial charge in [-0.1, -0.05) is 30.3 Å². The Balaban J connectivity index is 1.79. The Hall–Kier alpha value is -1.16. The van der Waals surface area contributed by atoms with Crippen molar-refractivity contribution >= 4 is 17.7 Å². The van der Waals surface area contributed by atoms with Gasteiger partial charge < -0.3 is 10.2 Å². The van der Waals surface area contributed by atoms with E-state index in [1.165, 1.54) is 30.6 Å². The SMILES string of the molecule is CN=C(NCCCCSC)N1CCC(c2ccccc2)C1. The molecule has 1 unspecified atom stereocenters. The number of aliphatic imine (C=N–C) groups is 1. The van der Waals surface area contributed by atoms with Gasteiger partial charge in [-0.2, -0.15) is 11.8 Å². The van der Waals surface area contributed by atoms with E-state index in [1.54, 1.807) is 0 Å². The van der Waals surface area contributed by atoms with Crippen LogP contribution in [0.1, 0.15) is 30.7 Å². The van der Waals surface area contributed by atoms with E-state index in [2.05, 4.69) is 51.8 Å². The minimum Gasteiger partial charge on any atom is -0.356 e. The number of unbranched alkanes of at least 4 members (excludes halogenated alkanes) is 1.